The van der Waals surface area contributed by atoms with Gasteiger partial charge in [-0.1, -0.05) is 31.2 Å². The number of benzene rings is 2. The topological polar surface area (TPSA) is 59.1 Å². The molecule has 0 spiro atoms. The second-order valence-electron chi connectivity index (χ2n) is 4.51. The smallest absolute Gasteiger partial charge is 0.130 e. The summed E-state index contributed by atoms with van der Waals surface area (Å²) in [6.07, 6.45) is 0.929. The molecule has 104 valence electrons. The zero-order chi connectivity index (χ0) is 14.5. The second-order valence-corrected chi connectivity index (χ2v) is 4.51. The van der Waals surface area contributed by atoms with Gasteiger partial charge in [0.15, 0.2) is 0 Å². The molecule has 3 nitrogen and oxygen atoms in total. The van der Waals surface area contributed by atoms with Gasteiger partial charge in [0.1, 0.15) is 24.0 Å². The van der Waals surface area contributed by atoms with Gasteiger partial charge in [0, 0.05) is 11.1 Å². The normalized spacial score (nSPS) is 10.3. The number of hydrogen-bond donors (Lipinski definition) is 2. The number of nitrogens with one attached hydrogen (secondary N) is 1. The molecule has 0 unspecified atom stereocenters. The summed E-state index contributed by atoms with van der Waals surface area (Å²) in [4.78, 5) is 0. The van der Waals surface area contributed by atoms with Crippen molar-refractivity contribution in [3.05, 3.63) is 65.0 Å². The van der Waals surface area contributed by atoms with Gasteiger partial charge in [0.25, 0.3) is 0 Å². The monoisotopic (exact) mass is 272 g/mol. The molecule has 0 aromatic heterocycles. The van der Waals surface area contributed by atoms with Gasteiger partial charge in [0.2, 0.25) is 0 Å². The lowest BCUT2D eigenvalue weighted by Gasteiger charge is -2.09. The van der Waals surface area contributed by atoms with Gasteiger partial charge < -0.3 is 10.5 Å². The van der Waals surface area contributed by atoms with E-state index >= 15 is 0 Å². The van der Waals surface area contributed by atoms with E-state index in [0.29, 0.717) is 11.1 Å². The van der Waals surface area contributed by atoms with Crippen molar-refractivity contribution in [2.45, 2.75) is 20.0 Å². The van der Waals surface area contributed by atoms with Crippen LogP contribution in [0.1, 0.15) is 23.6 Å². The lowest BCUT2D eigenvalue weighted by Crippen LogP contribution is -2.12. The Bertz CT molecular complexity index is 626. The van der Waals surface area contributed by atoms with E-state index in [2.05, 4.69) is 6.92 Å². The van der Waals surface area contributed by atoms with Crippen LogP contribution in [0, 0.1) is 11.2 Å². The molecule has 0 atom stereocenters. The van der Waals surface area contributed by atoms with Gasteiger partial charge in [-0.25, -0.2) is 4.39 Å². The summed E-state index contributed by atoms with van der Waals surface area (Å²) in [5.74, 6) is 0.163. The molecule has 0 amide bonds. The fourth-order valence-electron chi connectivity index (χ4n) is 1.85. The fourth-order valence-corrected chi connectivity index (χ4v) is 1.85. The van der Waals surface area contributed by atoms with Crippen molar-refractivity contribution in [2.75, 3.05) is 0 Å². The highest BCUT2D eigenvalue weighted by Gasteiger charge is 2.06. The van der Waals surface area contributed by atoms with Crippen LogP contribution in [0.25, 0.3) is 0 Å². The predicted octanol–water partition coefficient (Wildman–Crippen LogP) is 3.25. The number of rotatable bonds is 5. The lowest BCUT2D eigenvalue weighted by atomic mass is 10.1. The molecule has 2 rings (SSSR count). The van der Waals surface area contributed by atoms with Crippen LogP contribution in [-0.2, 0) is 13.0 Å². The molecule has 0 aliphatic carbocycles. The van der Waals surface area contributed by atoms with Crippen LogP contribution in [0.3, 0.4) is 0 Å². The minimum Gasteiger partial charge on any atom is -0.489 e. The number of amidine groups is 1. The van der Waals surface area contributed by atoms with Gasteiger partial charge in [-0.2, -0.15) is 0 Å². The highest BCUT2D eigenvalue weighted by molar-refractivity contribution is 5.94. The second kappa shape index (κ2) is 6.19. The van der Waals surface area contributed by atoms with Gasteiger partial charge in [0.05, 0.1) is 0 Å². The Kier molecular flexibility index (Phi) is 4.35. The average Bonchev–Trinajstić information content (AvgIpc) is 2.46. The first-order chi connectivity index (χ1) is 9.60. The van der Waals surface area contributed by atoms with Gasteiger partial charge >= 0.3 is 0 Å². The standard InChI is InChI=1S/C16H17FN2O/c1-2-11-4-3-5-14(8-11)20-10-13-7-6-12(16(18)19)9-15(13)17/h3-9H,2,10H2,1H3,(H3,18,19). The molecule has 0 saturated carbocycles. The molecule has 2 aromatic carbocycles. The Hall–Kier alpha value is -2.36. The third-order valence-electron chi connectivity index (χ3n) is 3.07. The third kappa shape index (κ3) is 3.35. The summed E-state index contributed by atoms with van der Waals surface area (Å²) in [5.41, 5.74) is 7.31. The number of hydrogen-bond acceptors (Lipinski definition) is 2. The van der Waals surface area contributed by atoms with Gasteiger partial charge in [-0.3, -0.25) is 5.41 Å². The number of ether oxygens (including phenoxy) is 1. The highest BCUT2D eigenvalue weighted by atomic mass is 19.1. The largest absolute Gasteiger partial charge is 0.489 e. The highest BCUT2D eigenvalue weighted by Crippen LogP contribution is 2.17. The molecule has 4 heteroatoms. The van der Waals surface area contributed by atoms with Crippen LogP contribution in [0.5, 0.6) is 5.75 Å². The van der Waals surface area contributed by atoms with Crippen LogP contribution in [0.15, 0.2) is 42.5 Å². The van der Waals surface area contributed by atoms with Gasteiger partial charge in [-0.15, -0.1) is 0 Å². The minimum absolute atomic E-state index is 0.146. The van der Waals surface area contributed by atoms with Crippen molar-refractivity contribution in [2.24, 2.45) is 5.73 Å². The molecular weight excluding hydrogens is 255 g/mol. The Labute approximate surface area is 117 Å². The molecule has 0 fully saturated rings. The number of aryl methyl sites for hydroxylation is 1. The van der Waals surface area contributed by atoms with Crippen molar-refractivity contribution in [3.8, 4) is 5.75 Å². The molecule has 0 bridgehead atoms. The maximum absolute atomic E-state index is 13.8. The first-order valence-corrected chi connectivity index (χ1v) is 6.44. The predicted molar refractivity (Wildman–Crippen MR) is 77.6 cm³/mol. The summed E-state index contributed by atoms with van der Waals surface area (Å²) in [5, 5.41) is 7.26. The SMILES string of the molecule is CCc1cccc(OCc2ccc(C(=N)N)cc2F)c1. The molecule has 3 N–H and O–H groups in total. The zero-order valence-corrected chi connectivity index (χ0v) is 11.3. The Morgan fingerprint density at radius 2 is 2.05 bits per heavy atom. The Morgan fingerprint density at radius 3 is 2.70 bits per heavy atom. The van der Waals surface area contributed by atoms with E-state index in [-0.39, 0.29) is 12.4 Å². The maximum atomic E-state index is 13.8. The fraction of sp³-hybridized carbons (Fsp3) is 0.188. The first-order valence-electron chi connectivity index (χ1n) is 6.44. The molecule has 20 heavy (non-hydrogen) atoms. The number of nitrogens with two attached hydrogens (primary N) is 1. The van der Waals surface area contributed by atoms with E-state index in [9.17, 15) is 4.39 Å². The third-order valence-corrected chi connectivity index (χ3v) is 3.07. The van der Waals surface area contributed by atoms with Crippen LogP contribution in [0.4, 0.5) is 4.39 Å². The maximum Gasteiger partial charge on any atom is 0.130 e. The molecule has 0 radical (unpaired) electrons. The Balaban J connectivity index is 2.08. The van der Waals surface area contributed by atoms with Crippen molar-refractivity contribution in [1.29, 1.82) is 5.41 Å². The molecule has 0 heterocycles. The Morgan fingerprint density at radius 1 is 1.25 bits per heavy atom. The van der Waals surface area contributed by atoms with Crippen LogP contribution in [-0.4, -0.2) is 5.84 Å². The van der Waals surface area contributed by atoms with Crippen molar-refractivity contribution >= 4 is 5.84 Å². The summed E-state index contributed by atoms with van der Waals surface area (Å²) < 4.78 is 19.4. The van der Waals surface area contributed by atoms with Crippen LogP contribution >= 0.6 is 0 Å². The van der Waals surface area contributed by atoms with Crippen molar-refractivity contribution in [3.63, 3.8) is 0 Å². The van der Waals surface area contributed by atoms with Crippen molar-refractivity contribution in [1.82, 2.24) is 0 Å². The average molecular weight is 272 g/mol. The van der Waals surface area contributed by atoms with E-state index in [1.807, 2.05) is 24.3 Å². The van der Waals surface area contributed by atoms with E-state index in [1.165, 1.54) is 11.6 Å². The first kappa shape index (κ1) is 14.1. The van der Waals surface area contributed by atoms with Crippen molar-refractivity contribution < 1.29 is 9.13 Å². The van der Waals surface area contributed by atoms with Crippen LogP contribution in [0.2, 0.25) is 0 Å². The van der Waals surface area contributed by atoms with E-state index in [4.69, 9.17) is 15.9 Å². The van der Waals surface area contributed by atoms with Gasteiger partial charge in [-0.05, 0) is 30.2 Å². The molecular formula is C16H17FN2O. The summed E-state index contributed by atoms with van der Waals surface area (Å²) in [7, 11) is 0. The zero-order valence-electron chi connectivity index (χ0n) is 11.3. The number of nitrogen functional groups attached to an aromatic ring is 1. The minimum atomic E-state index is -0.413. The van der Waals surface area contributed by atoms with E-state index in [1.54, 1.807) is 12.1 Å². The quantitative estimate of drug-likeness (QED) is 0.648. The molecule has 0 aliphatic rings. The summed E-state index contributed by atoms with van der Waals surface area (Å²) in [6.45, 7) is 2.22. The lowest BCUT2D eigenvalue weighted by molar-refractivity contribution is 0.299. The van der Waals surface area contributed by atoms with E-state index in [0.717, 1.165) is 12.2 Å². The molecule has 0 aliphatic heterocycles. The van der Waals surface area contributed by atoms with Crippen LogP contribution < -0.4 is 10.5 Å². The summed E-state index contributed by atoms with van der Waals surface area (Å²) >= 11 is 0. The van der Waals surface area contributed by atoms with E-state index < -0.39 is 5.82 Å². The summed E-state index contributed by atoms with van der Waals surface area (Å²) in [6, 6.07) is 12.2. The number of halogens is 1. The molecule has 2 aromatic rings. The molecule has 0 saturated heterocycles.